The molecule has 1 aromatic rings. The summed E-state index contributed by atoms with van der Waals surface area (Å²) < 4.78 is 2.28. The molecule has 0 aliphatic rings. The van der Waals surface area contributed by atoms with Gasteiger partial charge in [-0.1, -0.05) is 0 Å². The molecule has 0 saturated carbocycles. The van der Waals surface area contributed by atoms with E-state index < -0.39 is 11.2 Å². The third-order valence-electron chi connectivity index (χ3n) is 2.04. The number of hydrogen-bond donors (Lipinski definition) is 1. The molecule has 0 unspecified atom stereocenters. The van der Waals surface area contributed by atoms with E-state index in [0.717, 1.165) is 4.57 Å². The number of anilines is 1. The number of Topliss-reactive ketones (excluding diaryl/α,β-unsaturated/α-hetero) is 1. The summed E-state index contributed by atoms with van der Waals surface area (Å²) in [5.74, 6) is 0.279. The zero-order valence-electron chi connectivity index (χ0n) is 8.90. The Bertz CT molecular complexity index is 498. The summed E-state index contributed by atoms with van der Waals surface area (Å²) in [6.45, 7) is 1.52. The SMILES string of the molecule is CC(=O)CNc1cc(=O)n(C)c(=O)n1C. The van der Waals surface area contributed by atoms with Gasteiger partial charge < -0.3 is 5.32 Å². The number of carbonyl (C=O) groups excluding carboxylic acids is 1. The van der Waals surface area contributed by atoms with Gasteiger partial charge in [-0.2, -0.15) is 0 Å². The highest BCUT2D eigenvalue weighted by Gasteiger charge is 2.05. The number of nitrogens with zero attached hydrogens (tertiary/aromatic N) is 2. The molecule has 1 heterocycles. The van der Waals surface area contributed by atoms with Crippen LogP contribution in [0.2, 0.25) is 0 Å². The Morgan fingerprint density at radius 1 is 1.33 bits per heavy atom. The summed E-state index contributed by atoms with van der Waals surface area (Å²) in [4.78, 5) is 33.5. The van der Waals surface area contributed by atoms with Gasteiger partial charge in [0, 0.05) is 20.2 Å². The first kappa shape index (κ1) is 11.2. The monoisotopic (exact) mass is 211 g/mol. The standard InChI is InChI=1S/C9H13N3O3/c1-6(13)5-10-7-4-8(14)12(3)9(15)11(7)2/h4,10H,5H2,1-3H3. The third kappa shape index (κ3) is 2.34. The molecule has 0 aromatic carbocycles. The maximum atomic E-state index is 11.5. The van der Waals surface area contributed by atoms with Gasteiger partial charge in [0.05, 0.1) is 6.54 Å². The lowest BCUT2D eigenvalue weighted by Crippen LogP contribution is -2.37. The molecule has 0 amide bonds. The molecule has 0 saturated heterocycles. The summed E-state index contributed by atoms with van der Waals surface area (Å²) >= 11 is 0. The first-order chi connectivity index (χ1) is 6.93. The number of hydrogen-bond acceptors (Lipinski definition) is 4. The summed E-state index contributed by atoms with van der Waals surface area (Å²) in [7, 11) is 2.93. The molecule has 0 spiro atoms. The van der Waals surface area contributed by atoms with Gasteiger partial charge in [-0.25, -0.2) is 4.79 Å². The number of aromatic nitrogens is 2. The van der Waals surface area contributed by atoms with Crippen molar-refractivity contribution >= 4 is 11.6 Å². The molecule has 0 atom stereocenters. The van der Waals surface area contributed by atoms with Crippen LogP contribution in [0.3, 0.4) is 0 Å². The maximum Gasteiger partial charge on any atom is 0.332 e. The summed E-state index contributed by atoms with van der Waals surface area (Å²) in [5, 5.41) is 2.72. The topological polar surface area (TPSA) is 73.1 Å². The molecule has 0 aliphatic carbocycles. The minimum absolute atomic E-state index is 0.0665. The predicted octanol–water partition coefficient (Wildman–Crippen LogP) is -0.915. The van der Waals surface area contributed by atoms with E-state index in [1.54, 1.807) is 0 Å². The van der Waals surface area contributed by atoms with Crippen molar-refractivity contribution in [1.82, 2.24) is 9.13 Å². The largest absolute Gasteiger partial charge is 0.364 e. The van der Waals surface area contributed by atoms with Crippen LogP contribution >= 0.6 is 0 Å². The van der Waals surface area contributed by atoms with Crippen LogP contribution in [0.15, 0.2) is 15.7 Å². The van der Waals surface area contributed by atoms with Crippen molar-refractivity contribution in [2.24, 2.45) is 14.1 Å². The van der Waals surface area contributed by atoms with Crippen LogP contribution in [0.5, 0.6) is 0 Å². The first-order valence-electron chi connectivity index (χ1n) is 4.44. The van der Waals surface area contributed by atoms with Crippen molar-refractivity contribution in [3.05, 3.63) is 26.9 Å². The fourth-order valence-electron chi connectivity index (χ4n) is 1.12. The maximum absolute atomic E-state index is 11.5. The van der Waals surface area contributed by atoms with Crippen LogP contribution in [0.25, 0.3) is 0 Å². The van der Waals surface area contributed by atoms with E-state index in [9.17, 15) is 14.4 Å². The van der Waals surface area contributed by atoms with Crippen LogP contribution in [0, 0.1) is 0 Å². The molecule has 6 nitrogen and oxygen atoms in total. The molecular weight excluding hydrogens is 198 g/mol. The van der Waals surface area contributed by atoms with Gasteiger partial charge in [0.2, 0.25) is 0 Å². The van der Waals surface area contributed by atoms with Crippen LogP contribution < -0.4 is 16.6 Å². The molecule has 0 bridgehead atoms. The Hall–Kier alpha value is -1.85. The highest BCUT2D eigenvalue weighted by atomic mass is 16.2. The lowest BCUT2D eigenvalue weighted by molar-refractivity contribution is -0.115. The second-order valence-electron chi connectivity index (χ2n) is 3.32. The highest BCUT2D eigenvalue weighted by molar-refractivity contribution is 5.79. The normalized spacial score (nSPS) is 10.1. The Labute approximate surface area is 86.1 Å². The zero-order valence-corrected chi connectivity index (χ0v) is 8.90. The Kier molecular flexibility index (Phi) is 3.08. The van der Waals surface area contributed by atoms with Crippen LogP contribution in [-0.2, 0) is 18.9 Å². The van der Waals surface area contributed by atoms with Crippen molar-refractivity contribution in [2.75, 3.05) is 11.9 Å². The van der Waals surface area contributed by atoms with Crippen molar-refractivity contribution in [2.45, 2.75) is 6.92 Å². The lowest BCUT2D eigenvalue weighted by Gasteiger charge is -2.09. The van der Waals surface area contributed by atoms with Crippen LogP contribution in [-0.4, -0.2) is 21.5 Å². The quantitative estimate of drug-likeness (QED) is 0.702. The highest BCUT2D eigenvalue weighted by Crippen LogP contribution is 1.96. The second-order valence-corrected chi connectivity index (χ2v) is 3.32. The zero-order chi connectivity index (χ0) is 11.6. The molecule has 1 rings (SSSR count). The molecular formula is C9H13N3O3. The van der Waals surface area contributed by atoms with Gasteiger partial charge in [0.15, 0.2) is 0 Å². The minimum atomic E-state index is -0.423. The molecule has 0 aliphatic heterocycles. The summed E-state index contributed by atoms with van der Waals surface area (Å²) in [6.07, 6.45) is 0. The third-order valence-corrected chi connectivity index (χ3v) is 2.04. The Morgan fingerprint density at radius 2 is 1.93 bits per heavy atom. The first-order valence-corrected chi connectivity index (χ1v) is 4.44. The van der Waals surface area contributed by atoms with Gasteiger partial charge in [0.25, 0.3) is 5.56 Å². The average molecular weight is 211 g/mol. The van der Waals surface area contributed by atoms with E-state index in [1.165, 1.54) is 31.7 Å². The fourth-order valence-corrected chi connectivity index (χ4v) is 1.12. The number of ketones is 1. The summed E-state index contributed by atoms with van der Waals surface area (Å²) in [5.41, 5.74) is -0.822. The molecule has 1 aromatic heterocycles. The number of nitrogens with one attached hydrogen (secondary N) is 1. The van der Waals surface area contributed by atoms with Gasteiger partial charge in [-0.15, -0.1) is 0 Å². The molecule has 1 N–H and O–H groups in total. The molecule has 82 valence electrons. The number of rotatable bonds is 3. The van der Waals surface area contributed by atoms with Crippen molar-refractivity contribution < 1.29 is 4.79 Å². The molecule has 0 fully saturated rings. The molecule has 0 radical (unpaired) electrons. The van der Waals surface area contributed by atoms with Gasteiger partial charge in [0.1, 0.15) is 11.6 Å². The van der Waals surface area contributed by atoms with Crippen molar-refractivity contribution in [3.63, 3.8) is 0 Å². The Morgan fingerprint density at radius 3 is 2.47 bits per heavy atom. The van der Waals surface area contributed by atoms with E-state index in [1.807, 2.05) is 0 Å². The Balaban J connectivity index is 3.16. The van der Waals surface area contributed by atoms with Gasteiger partial charge >= 0.3 is 5.69 Å². The second kappa shape index (κ2) is 4.12. The van der Waals surface area contributed by atoms with Gasteiger partial charge in [-0.3, -0.25) is 18.7 Å². The van der Waals surface area contributed by atoms with E-state index in [4.69, 9.17) is 0 Å². The van der Waals surface area contributed by atoms with Crippen LogP contribution in [0.1, 0.15) is 6.92 Å². The number of carbonyl (C=O) groups is 1. The molecule has 6 heteroatoms. The average Bonchev–Trinajstić information content (AvgIpc) is 2.18. The summed E-state index contributed by atoms with van der Waals surface area (Å²) in [6, 6.07) is 1.28. The predicted molar refractivity (Wildman–Crippen MR) is 56.1 cm³/mol. The van der Waals surface area contributed by atoms with Crippen molar-refractivity contribution in [3.8, 4) is 0 Å². The molecule has 15 heavy (non-hydrogen) atoms. The van der Waals surface area contributed by atoms with E-state index in [0.29, 0.717) is 5.82 Å². The van der Waals surface area contributed by atoms with E-state index in [-0.39, 0.29) is 12.3 Å². The van der Waals surface area contributed by atoms with Crippen LogP contribution in [0.4, 0.5) is 5.82 Å². The van der Waals surface area contributed by atoms with Gasteiger partial charge in [-0.05, 0) is 6.92 Å². The smallest absolute Gasteiger partial charge is 0.332 e. The fraction of sp³-hybridized carbons (Fsp3) is 0.444. The van der Waals surface area contributed by atoms with E-state index >= 15 is 0 Å². The van der Waals surface area contributed by atoms with Crippen molar-refractivity contribution in [1.29, 1.82) is 0 Å². The lowest BCUT2D eigenvalue weighted by atomic mass is 10.4. The minimum Gasteiger partial charge on any atom is -0.364 e. The van der Waals surface area contributed by atoms with E-state index in [2.05, 4.69) is 5.32 Å².